The van der Waals surface area contributed by atoms with Crippen LogP contribution in [0.5, 0.6) is 0 Å². The van der Waals surface area contributed by atoms with Gasteiger partial charge in [0.25, 0.3) is 0 Å². The van der Waals surface area contributed by atoms with Crippen LogP contribution in [0.2, 0.25) is 0 Å². The molecule has 0 aromatic rings. The molecule has 0 aromatic heterocycles. The molecule has 1 atom stereocenters. The predicted molar refractivity (Wildman–Crippen MR) is 72.2 cm³/mol. The summed E-state index contributed by atoms with van der Waals surface area (Å²) in [7, 11) is 0. The van der Waals surface area contributed by atoms with Crippen LogP contribution >= 0.6 is 0 Å². The molecule has 0 unspecified atom stereocenters. The summed E-state index contributed by atoms with van der Waals surface area (Å²) in [6.07, 6.45) is 5.00. The molecule has 1 radical (unpaired) electrons. The van der Waals surface area contributed by atoms with Gasteiger partial charge in [0.1, 0.15) is 0 Å². The van der Waals surface area contributed by atoms with E-state index in [4.69, 9.17) is 4.74 Å². The van der Waals surface area contributed by atoms with Gasteiger partial charge in [0, 0.05) is 5.88 Å². The molecule has 20 heavy (non-hydrogen) atoms. The van der Waals surface area contributed by atoms with Crippen LogP contribution < -0.4 is 0 Å². The molecule has 0 spiro atoms. The van der Waals surface area contributed by atoms with Crippen LogP contribution in [-0.2, 0) is 21.8 Å². The Bertz CT molecular complexity index is 628. The summed E-state index contributed by atoms with van der Waals surface area (Å²) in [6, 6.07) is 0.217. The first-order valence-electron chi connectivity index (χ1n) is 5.92. The first-order valence-corrected chi connectivity index (χ1v) is 5.92. The minimum atomic E-state index is 0. The molecule has 2 nitrogen and oxygen atoms in total. The second kappa shape index (κ2) is 7.01. The molecule has 1 fully saturated rings. The van der Waals surface area contributed by atoms with E-state index >= 15 is 0 Å². The first-order chi connectivity index (χ1) is 9.07. The van der Waals surface area contributed by atoms with Crippen LogP contribution in [0.15, 0.2) is 28.6 Å². The normalized spacial score (nSPS) is 19.1. The van der Waals surface area contributed by atoms with Crippen molar-refractivity contribution in [3.8, 4) is 23.7 Å². The Morgan fingerprint density at radius 2 is 1.90 bits per heavy atom. The molecule has 0 saturated carbocycles. The molecular formula is C17H12FeNO. The summed E-state index contributed by atoms with van der Waals surface area (Å²) in [5.41, 5.74) is 8.37. The molecule has 3 aliphatic rings. The average Bonchev–Trinajstić information content (AvgIpc) is 3.13. The number of hydrogen-bond acceptors (Lipinski definition) is 1. The number of ether oxygens (including phenoxy) is 1. The van der Waals surface area contributed by atoms with E-state index in [0.29, 0.717) is 12.5 Å². The quantitative estimate of drug-likeness (QED) is 0.292. The number of hydrogen-bond donors (Lipinski definition) is 0. The Balaban J connectivity index is 0.000000283. The SMILES string of the molecule is CC(C)(C)[C@@H]1COC(=C2C#CC#C2)[N-]1.[C]1=C=C=C=[C-]1.[Fe+2]. The minimum Gasteiger partial charge on any atom is -0.647 e. The fourth-order valence-corrected chi connectivity index (χ4v) is 1.44. The zero-order chi connectivity index (χ0) is 13.7. The molecule has 1 saturated heterocycles. The van der Waals surface area contributed by atoms with Crippen LogP contribution in [-0.4, -0.2) is 12.6 Å². The van der Waals surface area contributed by atoms with Crippen molar-refractivity contribution >= 4 is 0 Å². The largest absolute Gasteiger partial charge is 2.00 e. The van der Waals surface area contributed by atoms with Crippen LogP contribution in [0, 0.1) is 41.2 Å². The van der Waals surface area contributed by atoms with Crippen molar-refractivity contribution in [3.63, 3.8) is 0 Å². The number of rotatable bonds is 0. The van der Waals surface area contributed by atoms with Crippen molar-refractivity contribution in [2.75, 3.05) is 6.61 Å². The molecule has 0 amide bonds. The second-order valence-electron chi connectivity index (χ2n) is 5.13. The van der Waals surface area contributed by atoms with Crippen LogP contribution in [0.25, 0.3) is 5.32 Å². The number of allylic oxidation sites excluding steroid dienone is 3. The van der Waals surface area contributed by atoms with E-state index in [0.717, 1.165) is 5.57 Å². The van der Waals surface area contributed by atoms with Gasteiger partial charge in [-0.05, 0) is 29.1 Å². The van der Waals surface area contributed by atoms with Crippen molar-refractivity contribution in [3.05, 3.63) is 46.1 Å². The summed E-state index contributed by atoms with van der Waals surface area (Å²) in [4.78, 5) is 0. The molecule has 3 rings (SSSR count). The van der Waals surface area contributed by atoms with Gasteiger partial charge in [0.2, 0.25) is 0 Å². The molecule has 1 aliphatic heterocycles. The zero-order valence-corrected chi connectivity index (χ0v) is 12.6. The monoisotopic (exact) mass is 302 g/mol. The van der Waals surface area contributed by atoms with E-state index in [-0.39, 0.29) is 28.5 Å². The third-order valence-electron chi connectivity index (χ3n) is 2.61. The van der Waals surface area contributed by atoms with E-state index in [1.807, 2.05) is 0 Å². The summed E-state index contributed by atoms with van der Waals surface area (Å²) in [5.74, 6) is 11.7. The molecule has 0 aromatic carbocycles. The van der Waals surface area contributed by atoms with Gasteiger partial charge >= 0.3 is 17.1 Å². The fourth-order valence-electron chi connectivity index (χ4n) is 1.44. The van der Waals surface area contributed by atoms with Gasteiger partial charge in [0.15, 0.2) is 0 Å². The third kappa shape index (κ3) is 4.31. The van der Waals surface area contributed by atoms with Gasteiger partial charge in [-0.25, -0.2) is 5.73 Å². The molecule has 99 valence electrons. The second-order valence-corrected chi connectivity index (χ2v) is 5.13. The van der Waals surface area contributed by atoms with E-state index in [2.05, 4.69) is 79.1 Å². The van der Waals surface area contributed by atoms with Crippen molar-refractivity contribution < 1.29 is 21.8 Å². The summed E-state index contributed by atoms with van der Waals surface area (Å²) in [6.45, 7) is 7.12. The minimum absolute atomic E-state index is 0. The van der Waals surface area contributed by atoms with Crippen molar-refractivity contribution in [2.45, 2.75) is 26.8 Å². The van der Waals surface area contributed by atoms with Crippen molar-refractivity contribution in [1.82, 2.24) is 0 Å². The standard InChI is InChI=1S/C12H12NO.C5.Fe/c1-12(2,3)10-8-14-11(13-10)9-6-4-5-7-9;1-2-4-5-3-1;/h10H,8H2,1-3H3;;/q2*-1;+2/t10-;;/m0../s1. The van der Waals surface area contributed by atoms with Gasteiger partial charge in [-0.2, -0.15) is 0 Å². The summed E-state index contributed by atoms with van der Waals surface area (Å²) in [5, 5.41) is 4.49. The van der Waals surface area contributed by atoms with Gasteiger partial charge in [-0.3, -0.25) is 11.5 Å². The summed E-state index contributed by atoms with van der Waals surface area (Å²) >= 11 is 0. The zero-order valence-electron chi connectivity index (χ0n) is 11.5. The van der Waals surface area contributed by atoms with Gasteiger partial charge in [-0.1, -0.05) is 26.8 Å². The third-order valence-corrected chi connectivity index (χ3v) is 2.61. The first kappa shape index (κ1) is 16.1. The molecule has 2 aliphatic carbocycles. The maximum atomic E-state index is 5.48. The molecule has 3 heteroatoms. The van der Waals surface area contributed by atoms with E-state index in [9.17, 15) is 0 Å². The maximum Gasteiger partial charge on any atom is 2.00 e. The Morgan fingerprint density at radius 3 is 2.30 bits per heavy atom. The summed E-state index contributed by atoms with van der Waals surface area (Å²) < 4.78 is 5.48. The molecule has 0 N–H and O–H groups in total. The topological polar surface area (TPSA) is 23.3 Å². The van der Waals surface area contributed by atoms with Crippen LogP contribution in [0.4, 0.5) is 0 Å². The van der Waals surface area contributed by atoms with E-state index in [1.54, 1.807) is 0 Å². The Labute approximate surface area is 130 Å². The average molecular weight is 302 g/mol. The Kier molecular flexibility index (Phi) is 5.65. The van der Waals surface area contributed by atoms with Crippen molar-refractivity contribution in [2.24, 2.45) is 5.41 Å². The van der Waals surface area contributed by atoms with Crippen LogP contribution in [0.1, 0.15) is 20.8 Å². The predicted octanol–water partition coefficient (Wildman–Crippen LogP) is 2.66. The Hall–Kier alpha value is -1.94. The fraction of sp³-hybridized carbons (Fsp3) is 0.353. The number of nitrogens with zero attached hydrogens (tertiary/aromatic N) is 1. The molecular weight excluding hydrogens is 290 g/mol. The van der Waals surface area contributed by atoms with Gasteiger partial charge < -0.3 is 10.1 Å². The smallest absolute Gasteiger partial charge is 0.647 e. The molecule has 0 bridgehead atoms. The van der Waals surface area contributed by atoms with E-state index in [1.165, 1.54) is 0 Å². The van der Waals surface area contributed by atoms with E-state index < -0.39 is 0 Å². The van der Waals surface area contributed by atoms with Crippen molar-refractivity contribution in [1.29, 1.82) is 0 Å². The van der Waals surface area contributed by atoms with Gasteiger partial charge in [0.05, 0.1) is 12.2 Å². The van der Waals surface area contributed by atoms with Gasteiger partial charge in [-0.15, -0.1) is 12.2 Å². The molecule has 1 heterocycles. The van der Waals surface area contributed by atoms with Crippen LogP contribution in [0.3, 0.4) is 0 Å². The maximum absolute atomic E-state index is 5.48. The Morgan fingerprint density at radius 1 is 1.20 bits per heavy atom.